The minimum atomic E-state index is -0.389. The van der Waals surface area contributed by atoms with Gasteiger partial charge in [0.15, 0.2) is 0 Å². The summed E-state index contributed by atoms with van der Waals surface area (Å²) >= 11 is 5.88. The fourth-order valence-corrected chi connectivity index (χ4v) is 1.73. The van der Waals surface area contributed by atoms with Crippen molar-refractivity contribution in [1.82, 2.24) is 0 Å². The molecular formula is C14H13ClFNO. The highest BCUT2D eigenvalue weighted by atomic mass is 35.5. The van der Waals surface area contributed by atoms with Crippen molar-refractivity contribution in [2.75, 3.05) is 0 Å². The van der Waals surface area contributed by atoms with Crippen LogP contribution in [0.3, 0.4) is 0 Å². The third-order valence-corrected chi connectivity index (χ3v) is 2.82. The predicted octanol–water partition coefficient (Wildman–Crippen LogP) is 4.29. The average molecular weight is 266 g/mol. The Morgan fingerprint density at radius 2 is 1.83 bits per heavy atom. The summed E-state index contributed by atoms with van der Waals surface area (Å²) in [7, 11) is 0. The topological polar surface area (TPSA) is 35.2 Å². The van der Waals surface area contributed by atoms with E-state index in [1.165, 1.54) is 18.2 Å². The van der Waals surface area contributed by atoms with Crippen molar-refractivity contribution in [3.05, 3.63) is 58.9 Å². The van der Waals surface area contributed by atoms with Crippen LogP contribution in [0.15, 0.2) is 42.5 Å². The van der Waals surface area contributed by atoms with Crippen LogP contribution in [0.1, 0.15) is 18.5 Å². The first-order valence-electron chi connectivity index (χ1n) is 5.54. The molecule has 0 aliphatic rings. The maximum atomic E-state index is 12.9. The van der Waals surface area contributed by atoms with Crippen LogP contribution in [0, 0.1) is 5.82 Å². The van der Waals surface area contributed by atoms with Crippen LogP contribution >= 0.6 is 11.6 Å². The Labute approximate surface area is 110 Å². The zero-order chi connectivity index (χ0) is 13.1. The summed E-state index contributed by atoms with van der Waals surface area (Å²) < 4.78 is 18.4. The Morgan fingerprint density at radius 1 is 1.17 bits per heavy atom. The number of nitrogens with two attached hydrogens (primary N) is 1. The van der Waals surface area contributed by atoms with E-state index < -0.39 is 0 Å². The first-order chi connectivity index (χ1) is 8.56. The maximum Gasteiger partial charge on any atom is 0.146 e. The predicted molar refractivity (Wildman–Crippen MR) is 70.5 cm³/mol. The second kappa shape index (κ2) is 5.38. The number of benzene rings is 2. The molecule has 0 aliphatic carbocycles. The summed E-state index contributed by atoms with van der Waals surface area (Å²) in [5, 5.41) is 0.242. The van der Waals surface area contributed by atoms with Gasteiger partial charge in [-0.25, -0.2) is 4.39 Å². The zero-order valence-corrected chi connectivity index (χ0v) is 10.6. The quantitative estimate of drug-likeness (QED) is 0.898. The van der Waals surface area contributed by atoms with Gasteiger partial charge in [-0.1, -0.05) is 23.7 Å². The Kier molecular flexibility index (Phi) is 3.84. The van der Waals surface area contributed by atoms with Crippen LogP contribution in [-0.2, 0) is 0 Å². The first-order valence-corrected chi connectivity index (χ1v) is 5.92. The Bertz CT molecular complexity index is 540. The molecule has 2 aromatic carbocycles. The molecule has 0 aromatic heterocycles. The van der Waals surface area contributed by atoms with Gasteiger partial charge in [0, 0.05) is 6.04 Å². The minimum Gasteiger partial charge on any atom is -0.456 e. The van der Waals surface area contributed by atoms with Gasteiger partial charge in [0.2, 0.25) is 0 Å². The molecule has 2 rings (SSSR count). The van der Waals surface area contributed by atoms with Crippen molar-refractivity contribution >= 4 is 11.6 Å². The lowest BCUT2D eigenvalue weighted by Gasteiger charge is -2.09. The Balaban J connectivity index is 2.18. The fraction of sp³-hybridized carbons (Fsp3) is 0.143. The second-order valence-corrected chi connectivity index (χ2v) is 4.44. The summed E-state index contributed by atoms with van der Waals surface area (Å²) in [6.07, 6.45) is 0. The lowest BCUT2D eigenvalue weighted by Crippen LogP contribution is -2.04. The summed E-state index contributed by atoms with van der Waals surface area (Å²) in [5.74, 6) is 0.666. The third kappa shape index (κ3) is 3.00. The number of rotatable bonds is 3. The summed E-state index contributed by atoms with van der Waals surface area (Å²) in [6, 6.07) is 11.4. The van der Waals surface area contributed by atoms with Crippen LogP contribution in [0.25, 0.3) is 0 Å². The molecule has 0 fully saturated rings. The molecule has 0 saturated heterocycles. The standard InChI is InChI=1S/C14H13ClFNO/c1-9(17)10-2-5-12(6-3-10)18-14-7-4-11(16)8-13(14)15/h2-9H,17H2,1H3/t9-/m0/s1. The van der Waals surface area contributed by atoms with Crippen molar-refractivity contribution in [3.8, 4) is 11.5 Å². The molecule has 0 bridgehead atoms. The van der Waals surface area contributed by atoms with Gasteiger partial charge in [-0.05, 0) is 42.8 Å². The van der Waals surface area contributed by atoms with Crippen molar-refractivity contribution in [1.29, 1.82) is 0 Å². The van der Waals surface area contributed by atoms with E-state index in [0.29, 0.717) is 11.5 Å². The van der Waals surface area contributed by atoms with Crippen LogP contribution in [0.2, 0.25) is 5.02 Å². The largest absolute Gasteiger partial charge is 0.456 e. The summed E-state index contributed by atoms with van der Waals surface area (Å²) in [4.78, 5) is 0. The second-order valence-electron chi connectivity index (χ2n) is 4.03. The molecule has 0 radical (unpaired) electrons. The zero-order valence-electron chi connectivity index (χ0n) is 9.86. The summed E-state index contributed by atoms with van der Waals surface area (Å²) in [5.41, 5.74) is 6.77. The van der Waals surface area contributed by atoms with Crippen molar-refractivity contribution in [2.24, 2.45) is 5.73 Å². The first kappa shape index (κ1) is 12.9. The number of ether oxygens (including phenoxy) is 1. The van der Waals surface area contributed by atoms with Gasteiger partial charge in [0.1, 0.15) is 17.3 Å². The number of hydrogen-bond donors (Lipinski definition) is 1. The van der Waals surface area contributed by atoms with Crippen LogP contribution in [-0.4, -0.2) is 0 Å². The van der Waals surface area contributed by atoms with E-state index in [9.17, 15) is 4.39 Å². The molecule has 0 spiro atoms. The number of hydrogen-bond acceptors (Lipinski definition) is 2. The molecule has 2 N–H and O–H groups in total. The average Bonchev–Trinajstić information content (AvgIpc) is 2.33. The molecule has 1 atom stereocenters. The molecule has 0 amide bonds. The molecule has 94 valence electrons. The highest BCUT2D eigenvalue weighted by Crippen LogP contribution is 2.30. The fourth-order valence-electron chi connectivity index (χ4n) is 1.52. The lowest BCUT2D eigenvalue weighted by molar-refractivity contribution is 0.480. The SMILES string of the molecule is C[C@H](N)c1ccc(Oc2ccc(F)cc2Cl)cc1. The van der Waals surface area contributed by atoms with E-state index in [1.807, 2.05) is 19.1 Å². The van der Waals surface area contributed by atoms with Gasteiger partial charge in [-0.2, -0.15) is 0 Å². The molecule has 0 aliphatic heterocycles. The van der Waals surface area contributed by atoms with E-state index in [4.69, 9.17) is 22.1 Å². The Hall–Kier alpha value is -1.58. The molecule has 0 heterocycles. The maximum absolute atomic E-state index is 12.9. The molecule has 2 nitrogen and oxygen atoms in total. The van der Waals surface area contributed by atoms with Crippen molar-refractivity contribution < 1.29 is 9.13 Å². The van der Waals surface area contributed by atoms with Gasteiger partial charge >= 0.3 is 0 Å². The van der Waals surface area contributed by atoms with E-state index in [1.54, 1.807) is 12.1 Å². The van der Waals surface area contributed by atoms with Gasteiger partial charge in [0.25, 0.3) is 0 Å². The van der Waals surface area contributed by atoms with Gasteiger partial charge in [0.05, 0.1) is 5.02 Å². The van der Waals surface area contributed by atoms with E-state index in [2.05, 4.69) is 0 Å². The van der Waals surface area contributed by atoms with Gasteiger partial charge in [-0.15, -0.1) is 0 Å². The van der Waals surface area contributed by atoms with E-state index >= 15 is 0 Å². The van der Waals surface area contributed by atoms with Gasteiger partial charge in [-0.3, -0.25) is 0 Å². The van der Waals surface area contributed by atoms with Crippen LogP contribution in [0.4, 0.5) is 4.39 Å². The molecule has 18 heavy (non-hydrogen) atoms. The van der Waals surface area contributed by atoms with Gasteiger partial charge < -0.3 is 10.5 Å². The molecule has 4 heteroatoms. The van der Waals surface area contributed by atoms with Crippen molar-refractivity contribution in [3.63, 3.8) is 0 Å². The van der Waals surface area contributed by atoms with E-state index in [0.717, 1.165) is 5.56 Å². The highest BCUT2D eigenvalue weighted by molar-refractivity contribution is 6.32. The van der Waals surface area contributed by atoms with Crippen LogP contribution in [0.5, 0.6) is 11.5 Å². The third-order valence-electron chi connectivity index (χ3n) is 2.53. The smallest absolute Gasteiger partial charge is 0.146 e. The normalized spacial score (nSPS) is 12.2. The summed E-state index contributed by atoms with van der Waals surface area (Å²) in [6.45, 7) is 1.91. The Morgan fingerprint density at radius 3 is 2.39 bits per heavy atom. The van der Waals surface area contributed by atoms with E-state index in [-0.39, 0.29) is 16.9 Å². The minimum absolute atomic E-state index is 0.0199. The molecule has 0 unspecified atom stereocenters. The number of halogens is 2. The van der Waals surface area contributed by atoms with Crippen LogP contribution < -0.4 is 10.5 Å². The highest BCUT2D eigenvalue weighted by Gasteiger charge is 2.05. The lowest BCUT2D eigenvalue weighted by atomic mass is 10.1. The molecule has 2 aromatic rings. The monoisotopic (exact) mass is 265 g/mol. The molecular weight excluding hydrogens is 253 g/mol. The van der Waals surface area contributed by atoms with Crippen molar-refractivity contribution in [2.45, 2.75) is 13.0 Å². The molecule has 0 saturated carbocycles.